The van der Waals surface area contributed by atoms with Crippen LogP contribution in [0, 0.1) is 20.8 Å². The lowest BCUT2D eigenvalue weighted by atomic mass is 9.96. The molecule has 0 aromatic heterocycles. The summed E-state index contributed by atoms with van der Waals surface area (Å²) in [5.41, 5.74) is 5.13. The summed E-state index contributed by atoms with van der Waals surface area (Å²) in [5.74, 6) is 0.971. The summed E-state index contributed by atoms with van der Waals surface area (Å²) < 4.78 is 5.44. The SMILES string of the molecule is CNCC(C)(C)N(C)c1c(C)cc(OC)c(C)c1C. The van der Waals surface area contributed by atoms with Crippen molar-refractivity contribution in [2.45, 2.75) is 40.2 Å². The fraction of sp³-hybridized carbons (Fsp3) is 0.625. The Morgan fingerprint density at radius 2 is 1.79 bits per heavy atom. The average Bonchev–Trinajstić information content (AvgIpc) is 2.33. The van der Waals surface area contributed by atoms with Gasteiger partial charge in [0.25, 0.3) is 0 Å². The molecule has 0 aliphatic heterocycles. The van der Waals surface area contributed by atoms with E-state index >= 15 is 0 Å². The van der Waals surface area contributed by atoms with Crippen molar-refractivity contribution in [1.29, 1.82) is 0 Å². The lowest BCUT2D eigenvalue weighted by Gasteiger charge is -2.39. The third-order valence-electron chi connectivity index (χ3n) is 4.08. The highest BCUT2D eigenvalue weighted by Gasteiger charge is 2.26. The van der Waals surface area contributed by atoms with Crippen molar-refractivity contribution in [3.8, 4) is 5.75 Å². The van der Waals surface area contributed by atoms with E-state index in [1.807, 2.05) is 7.05 Å². The molecule has 0 unspecified atom stereocenters. The average molecular weight is 264 g/mol. The van der Waals surface area contributed by atoms with Crippen LogP contribution in [-0.4, -0.2) is 33.3 Å². The van der Waals surface area contributed by atoms with Gasteiger partial charge in [-0.3, -0.25) is 0 Å². The summed E-state index contributed by atoms with van der Waals surface area (Å²) in [6.45, 7) is 11.9. The zero-order valence-corrected chi connectivity index (χ0v) is 13.6. The molecule has 0 amide bonds. The maximum atomic E-state index is 5.44. The summed E-state index contributed by atoms with van der Waals surface area (Å²) in [6.07, 6.45) is 0. The molecule has 1 aromatic carbocycles. The van der Waals surface area contributed by atoms with Gasteiger partial charge in [-0.2, -0.15) is 0 Å². The third kappa shape index (κ3) is 3.03. The van der Waals surface area contributed by atoms with Gasteiger partial charge in [-0.1, -0.05) is 0 Å². The molecule has 0 heterocycles. The number of rotatable bonds is 5. The predicted molar refractivity (Wildman–Crippen MR) is 83.6 cm³/mol. The van der Waals surface area contributed by atoms with Gasteiger partial charge in [-0.05, 0) is 64.4 Å². The normalized spacial score (nSPS) is 11.6. The Morgan fingerprint density at radius 1 is 1.21 bits per heavy atom. The minimum atomic E-state index is 0.0608. The van der Waals surface area contributed by atoms with Crippen LogP contribution < -0.4 is 15.0 Å². The molecule has 3 heteroatoms. The van der Waals surface area contributed by atoms with Crippen molar-refractivity contribution in [1.82, 2.24) is 5.32 Å². The first-order valence-corrected chi connectivity index (χ1v) is 6.79. The second-order valence-corrected chi connectivity index (χ2v) is 5.90. The number of hydrogen-bond donors (Lipinski definition) is 1. The number of hydrogen-bond acceptors (Lipinski definition) is 3. The van der Waals surface area contributed by atoms with Gasteiger partial charge in [0.2, 0.25) is 0 Å². The second kappa shape index (κ2) is 5.83. The molecule has 0 aliphatic carbocycles. The van der Waals surface area contributed by atoms with Gasteiger partial charge in [0, 0.05) is 24.8 Å². The van der Waals surface area contributed by atoms with E-state index in [-0.39, 0.29) is 5.54 Å². The van der Waals surface area contributed by atoms with Crippen LogP contribution in [0.5, 0.6) is 5.75 Å². The summed E-state index contributed by atoms with van der Waals surface area (Å²) in [5, 5.41) is 3.27. The second-order valence-electron chi connectivity index (χ2n) is 5.90. The zero-order valence-electron chi connectivity index (χ0n) is 13.6. The van der Waals surface area contributed by atoms with Crippen LogP contribution in [0.15, 0.2) is 6.07 Å². The fourth-order valence-electron chi connectivity index (χ4n) is 2.61. The molecule has 19 heavy (non-hydrogen) atoms. The Kier molecular flexibility index (Phi) is 4.86. The number of nitrogens with one attached hydrogen (secondary N) is 1. The maximum Gasteiger partial charge on any atom is 0.122 e. The first-order chi connectivity index (χ1) is 8.76. The Bertz CT molecular complexity index is 453. The Balaban J connectivity index is 3.32. The van der Waals surface area contributed by atoms with Gasteiger partial charge < -0.3 is 15.0 Å². The molecule has 0 saturated heterocycles. The molecule has 0 fully saturated rings. The van der Waals surface area contributed by atoms with Crippen molar-refractivity contribution in [2.24, 2.45) is 0 Å². The molecule has 0 saturated carbocycles. The highest BCUT2D eigenvalue weighted by molar-refractivity contribution is 5.65. The molecule has 1 aromatic rings. The standard InChI is InChI=1S/C16H28N2O/c1-11-9-14(19-8)12(2)13(3)15(11)18(7)16(4,5)10-17-6/h9,17H,10H2,1-8H3. The van der Waals surface area contributed by atoms with E-state index < -0.39 is 0 Å². The van der Waals surface area contributed by atoms with Gasteiger partial charge in [0.15, 0.2) is 0 Å². The molecule has 108 valence electrons. The van der Waals surface area contributed by atoms with Crippen molar-refractivity contribution in [3.05, 3.63) is 22.8 Å². The molecule has 0 atom stereocenters. The van der Waals surface area contributed by atoms with Crippen LogP contribution in [-0.2, 0) is 0 Å². The van der Waals surface area contributed by atoms with E-state index in [4.69, 9.17) is 4.74 Å². The molecule has 3 nitrogen and oxygen atoms in total. The van der Waals surface area contributed by atoms with Crippen molar-refractivity contribution < 1.29 is 4.74 Å². The lowest BCUT2D eigenvalue weighted by Crippen LogP contribution is -2.48. The van der Waals surface area contributed by atoms with E-state index in [9.17, 15) is 0 Å². The smallest absolute Gasteiger partial charge is 0.122 e. The van der Waals surface area contributed by atoms with E-state index in [0.717, 1.165) is 12.3 Å². The molecule has 1 N–H and O–H groups in total. The van der Waals surface area contributed by atoms with Gasteiger partial charge in [-0.15, -0.1) is 0 Å². The van der Waals surface area contributed by atoms with E-state index in [1.165, 1.54) is 22.4 Å². The van der Waals surface area contributed by atoms with Crippen molar-refractivity contribution >= 4 is 5.69 Å². The van der Waals surface area contributed by atoms with Crippen LogP contribution >= 0.6 is 0 Å². The van der Waals surface area contributed by atoms with E-state index in [0.29, 0.717) is 0 Å². The van der Waals surface area contributed by atoms with Crippen LogP contribution in [0.1, 0.15) is 30.5 Å². The minimum absolute atomic E-state index is 0.0608. The van der Waals surface area contributed by atoms with Crippen LogP contribution in [0.2, 0.25) is 0 Å². The van der Waals surface area contributed by atoms with Crippen LogP contribution in [0.25, 0.3) is 0 Å². The number of likely N-dealkylation sites (N-methyl/N-ethyl adjacent to an activating group) is 2. The largest absolute Gasteiger partial charge is 0.496 e. The van der Waals surface area contributed by atoms with Crippen LogP contribution in [0.3, 0.4) is 0 Å². The Morgan fingerprint density at radius 3 is 2.26 bits per heavy atom. The van der Waals surface area contributed by atoms with Gasteiger partial charge in [-0.25, -0.2) is 0 Å². The lowest BCUT2D eigenvalue weighted by molar-refractivity contribution is 0.410. The topological polar surface area (TPSA) is 24.5 Å². The molecule has 0 aliphatic rings. The van der Waals surface area contributed by atoms with Gasteiger partial charge in [0.05, 0.1) is 7.11 Å². The molecular weight excluding hydrogens is 236 g/mol. The molecule has 0 radical (unpaired) electrons. The number of ether oxygens (including phenoxy) is 1. The Hall–Kier alpha value is -1.22. The predicted octanol–water partition coefficient (Wildman–Crippen LogP) is 3.05. The fourth-order valence-corrected chi connectivity index (χ4v) is 2.61. The third-order valence-corrected chi connectivity index (χ3v) is 4.08. The number of methoxy groups -OCH3 is 1. The molecular formula is C16H28N2O. The van der Waals surface area contributed by atoms with Crippen molar-refractivity contribution in [3.63, 3.8) is 0 Å². The Labute approximate surface area is 118 Å². The highest BCUT2D eigenvalue weighted by Crippen LogP contribution is 2.35. The van der Waals surface area contributed by atoms with Gasteiger partial charge >= 0.3 is 0 Å². The molecule has 0 spiro atoms. The molecule has 1 rings (SSSR count). The minimum Gasteiger partial charge on any atom is -0.496 e. The first-order valence-electron chi connectivity index (χ1n) is 6.79. The number of nitrogens with zero attached hydrogens (tertiary/aromatic N) is 1. The summed E-state index contributed by atoms with van der Waals surface area (Å²) in [6, 6.07) is 2.13. The van der Waals surface area contributed by atoms with Crippen LogP contribution in [0.4, 0.5) is 5.69 Å². The molecule has 0 bridgehead atoms. The summed E-state index contributed by atoms with van der Waals surface area (Å²) >= 11 is 0. The first kappa shape index (κ1) is 15.8. The van der Waals surface area contributed by atoms with E-state index in [2.05, 4.69) is 57.9 Å². The number of aryl methyl sites for hydroxylation is 1. The highest BCUT2D eigenvalue weighted by atomic mass is 16.5. The summed E-state index contributed by atoms with van der Waals surface area (Å²) in [7, 11) is 5.89. The zero-order chi connectivity index (χ0) is 14.8. The quantitative estimate of drug-likeness (QED) is 0.884. The maximum absolute atomic E-state index is 5.44. The number of anilines is 1. The van der Waals surface area contributed by atoms with Crippen molar-refractivity contribution in [2.75, 3.05) is 32.6 Å². The summed E-state index contributed by atoms with van der Waals surface area (Å²) in [4.78, 5) is 2.36. The monoisotopic (exact) mass is 264 g/mol. The van der Waals surface area contributed by atoms with E-state index in [1.54, 1.807) is 7.11 Å². The number of benzene rings is 1. The van der Waals surface area contributed by atoms with Gasteiger partial charge in [0.1, 0.15) is 5.75 Å².